The van der Waals surface area contributed by atoms with Crippen LogP contribution in [0.3, 0.4) is 0 Å². The summed E-state index contributed by atoms with van der Waals surface area (Å²) < 4.78 is 55.5. The summed E-state index contributed by atoms with van der Waals surface area (Å²) in [6.07, 6.45) is -3.55. The molecule has 4 rings (SSSR count). The van der Waals surface area contributed by atoms with Gasteiger partial charge in [0.1, 0.15) is 16.3 Å². The molecule has 1 aliphatic heterocycles. The minimum Gasteiger partial charge on any atom is -0.406 e. The maximum Gasteiger partial charge on any atom is 0.573 e. The van der Waals surface area contributed by atoms with Crippen LogP contribution < -0.4 is 14.8 Å². The zero-order valence-electron chi connectivity index (χ0n) is 17.5. The van der Waals surface area contributed by atoms with Crippen molar-refractivity contribution < 1.29 is 26.9 Å². The van der Waals surface area contributed by atoms with Crippen LogP contribution >= 0.6 is 23.2 Å². The molecule has 2 aromatic carbocycles. The largest absolute Gasteiger partial charge is 0.573 e. The predicted octanol–water partition coefficient (Wildman–Crippen LogP) is 4.67. The number of aromatic nitrogens is 2. The van der Waals surface area contributed by atoms with Gasteiger partial charge < -0.3 is 4.74 Å². The number of hydrogen-bond acceptors (Lipinski definition) is 4. The average molecular weight is 533 g/mol. The monoisotopic (exact) mass is 532 g/mol. The lowest BCUT2D eigenvalue weighted by Crippen LogP contribution is -2.42. The molecule has 2 heterocycles. The Kier molecular flexibility index (Phi) is 5.88. The lowest BCUT2D eigenvalue weighted by atomic mass is 9.92. The Balaban J connectivity index is 1.81. The molecule has 34 heavy (non-hydrogen) atoms. The van der Waals surface area contributed by atoms with Crippen LogP contribution in [-0.4, -0.2) is 31.9 Å². The molecule has 0 radical (unpaired) electrons. The number of imidazole rings is 1. The number of nitrogens with zero attached hydrogens (tertiary/aromatic N) is 3. The highest BCUT2D eigenvalue weighted by Gasteiger charge is 2.51. The summed E-state index contributed by atoms with van der Waals surface area (Å²) in [5, 5.41) is 6.40. The maximum absolute atomic E-state index is 13.8. The summed E-state index contributed by atoms with van der Waals surface area (Å²) in [5.41, 5.74) is -0.567. The normalized spacial score (nSPS) is 19.7. The van der Waals surface area contributed by atoms with E-state index in [1.54, 1.807) is 6.92 Å². The number of ether oxygens (including phenoxy) is 1. The van der Waals surface area contributed by atoms with Gasteiger partial charge in [0, 0.05) is 16.5 Å². The Bertz CT molecular complexity index is 1370. The van der Waals surface area contributed by atoms with Crippen LogP contribution in [0.2, 0.25) is 10.0 Å². The van der Waals surface area contributed by atoms with Gasteiger partial charge in [-0.15, -0.1) is 13.2 Å². The minimum absolute atomic E-state index is 0.00874. The standard InChI is InChI=1S/C21H17Cl2F3N4O3S/c1-20(10-12-3-5-16(6-4-12)33-21(24,25)26)18(31)29(15-8-13(22)7-14(23)9-15)19-28-11-17(30(19)20)34(2,27)32/h3-9,11H,2,10H2,1H3,(H2,27,32)/t20-,34?/m1/s1. The van der Waals surface area contributed by atoms with Crippen LogP contribution in [0.4, 0.5) is 24.8 Å². The number of benzene rings is 2. The van der Waals surface area contributed by atoms with Crippen molar-refractivity contribution in [3.63, 3.8) is 0 Å². The van der Waals surface area contributed by atoms with Crippen molar-refractivity contribution in [1.29, 1.82) is 0 Å². The van der Waals surface area contributed by atoms with Gasteiger partial charge in [0.2, 0.25) is 5.95 Å². The number of hydrogen-bond donors (Lipinski definition) is 1. The molecular weight excluding hydrogens is 516 g/mol. The van der Waals surface area contributed by atoms with Gasteiger partial charge in [-0.3, -0.25) is 14.5 Å². The number of halogens is 5. The van der Waals surface area contributed by atoms with Gasteiger partial charge in [-0.05, 0) is 48.7 Å². The predicted molar refractivity (Wildman–Crippen MR) is 124 cm³/mol. The van der Waals surface area contributed by atoms with E-state index in [4.69, 9.17) is 28.3 Å². The summed E-state index contributed by atoms with van der Waals surface area (Å²) in [6, 6.07) is 9.62. The molecule has 2 atom stereocenters. The quantitative estimate of drug-likeness (QED) is 0.483. The van der Waals surface area contributed by atoms with Gasteiger partial charge in [0.05, 0.1) is 21.6 Å². The first-order valence-electron chi connectivity index (χ1n) is 9.58. The lowest BCUT2D eigenvalue weighted by molar-refractivity contribution is -0.274. The van der Waals surface area contributed by atoms with Crippen LogP contribution in [0.1, 0.15) is 12.5 Å². The van der Waals surface area contributed by atoms with E-state index in [0.29, 0.717) is 11.3 Å². The number of carbonyl (C=O) groups excluding carboxylic acids is 1. The molecule has 0 saturated heterocycles. The number of carbonyl (C=O) groups is 1. The van der Waals surface area contributed by atoms with E-state index in [1.807, 2.05) is 0 Å². The van der Waals surface area contributed by atoms with Gasteiger partial charge >= 0.3 is 6.36 Å². The van der Waals surface area contributed by atoms with Crippen molar-refractivity contribution in [2.75, 3.05) is 4.90 Å². The molecule has 0 bridgehead atoms. The molecule has 0 spiro atoms. The van der Waals surface area contributed by atoms with E-state index in [9.17, 15) is 22.2 Å². The van der Waals surface area contributed by atoms with E-state index >= 15 is 0 Å². The molecule has 2 N–H and O–H groups in total. The number of rotatable bonds is 5. The van der Waals surface area contributed by atoms with Crippen LogP contribution in [0.25, 0.3) is 0 Å². The maximum atomic E-state index is 13.8. The summed E-state index contributed by atoms with van der Waals surface area (Å²) in [6.45, 7) is 1.58. The average Bonchev–Trinajstić information content (AvgIpc) is 3.21. The molecule has 13 heteroatoms. The van der Waals surface area contributed by atoms with Crippen LogP contribution in [0.15, 0.2) is 53.7 Å². The Labute approximate surface area is 203 Å². The Morgan fingerprint density at radius 2 is 1.76 bits per heavy atom. The first kappa shape index (κ1) is 24.4. The lowest BCUT2D eigenvalue weighted by Gasteiger charge is -2.27. The van der Waals surface area contributed by atoms with Gasteiger partial charge in [-0.1, -0.05) is 35.3 Å². The van der Waals surface area contributed by atoms with Crippen LogP contribution in [0, 0.1) is 0 Å². The van der Waals surface area contributed by atoms with Crippen molar-refractivity contribution in [1.82, 2.24) is 9.55 Å². The molecule has 0 aliphatic carbocycles. The van der Waals surface area contributed by atoms with E-state index in [2.05, 4.69) is 15.6 Å². The van der Waals surface area contributed by atoms with E-state index in [1.165, 1.54) is 46.0 Å². The molecule has 0 fully saturated rings. The second-order valence-electron chi connectivity index (χ2n) is 7.87. The zero-order valence-corrected chi connectivity index (χ0v) is 19.8. The highest BCUT2D eigenvalue weighted by Crippen LogP contribution is 2.44. The second kappa shape index (κ2) is 8.19. The fourth-order valence-electron chi connectivity index (χ4n) is 3.88. The number of alkyl halides is 3. The van der Waals surface area contributed by atoms with Gasteiger partial charge in [0.25, 0.3) is 5.91 Å². The van der Waals surface area contributed by atoms with Crippen molar-refractivity contribution in [3.8, 4) is 5.75 Å². The molecule has 1 amide bonds. The van der Waals surface area contributed by atoms with Crippen LogP contribution in [-0.2, 0) is 26.5 Å². The van der Waals surface area contributed by atoms with Crippen molar-refractivity contribution in [2.45, 2.75) is 30.3 Å². The molecule has 3 aromatic rings. The fourth-order valence-corrected chi connectivity index (χ4v) is 5.22. The molecule has 7 nitrogen and oxygen atoms in total. The molecule has 0 saturated carbocycles. The summed E-state index contributed by atoms with van der Waals surface area (Å²) in [4.78, 5) is 19.3. The summed E-state index contributed by atoms with van der Waals surface area (Å²) in [5.74, 6) is 2.77. The third kappa shape index (κ3) is 4.48. The first-order chi connectivity index (χ1) is 15.7. The Morgan fingerprint density at radius 1 is 1.18 bits per heavy atom. The second-order valence-corrected chi connectivity index (χ2v) is 10.6. The number of nitrogens with two attached hydrogens (primary N) is 1. The highest BCUT2D eigenvalue weighted by atomic mass is 35.5. The van der Waals surface area contributed by atoms with E-state index < -0.39 is 33.3 Å². The number of anilines is 2. The van der Waals surface area contributed by atoms with Crippen LogP contribution in [0.5, 0.6) is 5.75 Å². The summed E-state index contributed by atoms with van der Waals surface area (Å²) in [7, 11) is -3.30. The van der Waals surface area contributed by atoms with Gasteiger partial charge in [0.15, 0.2) is 0 Å². The highest BCUT2D eigenvalue weighted by molar-refractivity contribution is 7.98. The SMILES string of the molecule is C=S(N)(=O)c1cnc2n1[C@](C)(Cc1ccc(OC(F)(F)F)cc1)C(=O)N2c1cc(Cl)cc(Cl)c1. The number of fused-ring (bicyclic) bond motifs is 1. The van der Waals surface area contributed by atoms with E-state index in [0.717, 1.165) is 12.1 Å². The fraction of sp³-hybridized carbons (Fsp3) is 0.190. The summed E-state index contributed by atoms with van der Waals surface area (Å²) >= 11 is 12.3. The minimum atomic E-state index is -4.83. The Morgan fingerprint density at radius 3 is 2.29 bits per heavy atom. The smallest absolute Gasteiger partial charge is 0.406 e. The first-order valence-corrected chi connectivity index (χ1v) is 12.1. The van der Waals surface area contributed by atoms with E-state index in [-0.39, 0.29) is 27.4 Å². The number of amides is 1. The van der Waals surface area contributed by atoms with Crippen molar-refractivity contribution >= 4 is 56.3 Å². The van der Waals surface area contributed by atoms with Gasteiger partial charge in [-0.2, -0.15) is 0 Å². The zero-order chi connectivity index (χ0) is 25.1. The molecule has 1 aromatic heterocycles. The van der Waals surface area contributed by atoms with Crippen molar-refractivity contribution in [2.24, 2.45) is 5.14 Å². The third-order valence-electron chi connectivity index (χ3n) is 5.23. The molecule has 180 valence electrons. The molecule has 1 aliphatic rings. The third-order valence-corrected chi connectivity index (χ3v) is 6.67. The van der Waals surface area contributed by atoms with Gasteiger partial charge in [-0.25, -0.2) is 14.1 Å². The van der Waals surface area contributed by atoms with Crippen molar-refractivity contribution in [3.05, 3.63) is 64.3 Å². The Hall–Kier alpha value is -2.73. The molecule has 1 unspecified atom stereocenters. The molecular formula is C21H17Cl2F3N4O3S. The topological polar surface area (TPSA) is 90.5 Å².